The minimum Gasteiger partial charge on any atom is -1.00 e. The van der Waals surface area contributed by atoms with Crippen molar-refractivity contribution in [3.8, 4) is 11.8 Å². The molecule has 18 nitrogen and oxygen atoms in total. The largest absolute Gasteiger partial charge is 1.00 e. The average molecular weight is 1470 g/mol. The zero-order valence-corrected chi connectivity index (χ0v) is 64.8. The second-order valence-electron chi connectivity index (χ2n) is 29.6. The SMILES string of the molecule is CC(C)N(C(C)C)P(OCCC#N)OCCCCNS(=O)(=O)c1ccccc1C1=C2C=CC(N(C)c3ccc([As]45(OC(C)(C)C(C)(C)O4)OC(C)(C)C(C)(C)O5)cc3)C=C2Oc2cc(N(C)c3ccc([As]45(OC(C)(C)C(C)(C)O4)OC(C)(C)C(C)(C)O5)cc3)ccc21.[Cl-]. The molecule has 0 aromatic heterocycles. The van der Waals surface area contributed by atoms with Crippen molar-refractivity contribution in [2.45, 2.75) is 226 Å². The molecular formula is C70H100As2ClN5O13PS-. The molecule has 2 unspecified atom stereocenters. The van der Waals surface area contributed by atoms with Crippen molar-refractivity contribution < 1.29 is 64.4 Å². The number of likely N-dealkylation sites (N-methyl/N-ethyl adjacent to an activating group) is 1. The van der Waals surface area contributed by atoms with Gasteiger partial charge >= 0.3 is 403 Å². The third-order valence-corrected chi connectivity index (χ3v) is 41.4. The van der Waals surface area contributed by atoms with Gasteiger partial charge in [0.05, 0.1) is 25.7 Å². The van der Waals surface area contributed by atoms with Gasteiger partial charge in [-0.15, -0.1) is 0 Å². The molecule has 5 heterocycles. The van der Waals surface area contributed by atoms with E-state index in [0.717, 1.165) is 36.9 Å². The first kappa shape index (κ1) is 73.5. The van der Waals surface area contributed by atoms with Gasteiger partial charge < -0.3 is 21.5 Å². The summed E-state index contributed by atoms with van der Waals surface area (Å²) in [6, 6.07) is 31.5. The standard InChI is InChI=1S/C70H100As2N5O13PS.ClH/c1-48(2)77(49(3)4)91(81-45-27-42-73)80-44-26-25-43-74-92(78,79)61-29-24-23-28-58(61)62-56-40-38-54(75(21)52-34-30-50(31-35-52)71(83-63(5,6)64(7,8)84-71)85-65(9,10)66(11,12)86-71)46-59(56)82-60-47-55(39-41-57(60)62)76(22)53-36-32-51(33-37-53)72(87-67(13,14)68(15,16)88-72)89-69(17,18)70(19,20)90-72;/h23-24,28-41,46-49,54,74H,25-27,43-45H2,1-22H3;1H/p-1. The van der Waals surface area contributed by atoms with Crippen molar-refractivity contribution in [2.24, 2.45) is 0 Å². The van der Waals surface area contributed by atoms with Crippen molar-refractivity contribution in [3.05, 3.63) is 132 Å². The van der Waals surface area contributed by atoms with E-state index in [1.54, 1.807) is 12.1 Å². The molecule has 1 aliphatic carbocycles. The van der Waals surface area contributed by atoms with E-state index >= 15 is 0 Å². The Bertz CT molecular complexity index is 3590. The minimum absolute atomic E-state index is 0. The molecule has 4 aromatic rings. The van der Waals surface area contributed by atoms with E-state index < -0.39 is 91.0 Å². The number of nitriles is 1. The van der Waals surface area contributed by atoms with Crippen LogP contribution in [0.4, 0.5) is 17.1 Å². The Kier molecular flexibility index (Phi) is 19.7. The van der Waals surface area contributed by atoms with Gasteiger partial charge in [0.2, 0.25) is 10.0 Å². The molecule has 0 bridgehead atoms. The van der Waals surface area contributed by atoms with Crippen molar-refractivity contribution >= 4 is 77.5 Å². The van der Waals surface area contributed by atoms with Gasteiger partial charge in [-0.25, -0.2) is 17.8 Å². The molecule has 4 fully saturated rings. The van der Waals surface area contributed by atoms with Crippen LogP contribution in [0.2, 0.25) is 0 Å². The Hall–Kier alpha value is -3.70. The van der Waals surface area contributed by atoms with Crippen LogP contribution in [0.1, 0.15) is 169 Å². The van der Waals surface area contributed by atoms with E-state index in [9.17, 15) is 13.7 Å². The normalized spacial score (nSPS) is 25.0. The molecule has 6 aliphatic rings. The number of allylic oxidation sites excluding steroid dienone is 1. The van der Waals surface area contributed by atoms with Gasteiger partial charge in [-0.2, -0.15) is 5.26 Å². The molecule has 1 N–H and O–H groups in total. The number of hydrogen-bond acceptors (Lipinski definition) is 17. The first-order valence-electron chi connectivity index (χ1n) is 32.2. The van der Waals surface area contributed by atoms with Crippen LogP contribution >= 0.6 is 8.53 Å². The summed E-state index contributed by atoms with van der Waals surface area (Å²) in [6.45, 7) is 41.6. The number of hydrogen-bond donors (Lipinski definition) is 1. The molecule has 5 aliphatic heterocycles. The summed E-state index contributed by atoms with van der Waals surface area (Å²) in [5.74, 6) is 1.12. The topological polar surface area (TPSA) is 181 Å². The fraction of sp³-hybridized carbons (Fsp3) is 0.557. The monoisotopic (exact) mass is 1470 g/mol. The number of nitrogens with zero attached hydrogens (tertiary/aromatic N) is 4. The van der Waals surface area contributed by atoms with Gasteiger partial charge in [0, 0.05) is 18.6 Å². The Morgan fingerprint density at radius 1 is 0.591 bits per heavy atom. The van der Waals surface area contributed by atoms with Crippen LogP contribution in [0, 0.1) is 11.3 Å². The fourth-order valence-corrected chi connectivity index (χ4v) is 37.6. The second kappa shape index (κ2) is 24.9. The number of halogens is 1. The first-order valence-corrected chi connectivity index (χ1v) is 42.8. The van der Waals surface area contributed by atoms with Gasteiger partial charge in [0.15, 0.2) is 0 Å². The van der Waals surface area contributed by atoms with E-state index in [1.807, 2.05) is 210 Å². The molecule has 4 aromatic carbocycles. The Balaban J connectivity index is 0.0000102. The third-order valence-electron chi connectivity index (χ3n) is 20.0. The summed E-state index contributed by atoms with van der Waals surface area (Å²) >= 11 is -10.4. The molecule has 93 heavy (non-hydrogen) atoms. The summed E-state index contributed by atoms with van der Waals surface area (Å²) in [5.41, 5.74) is -0.563. The number of anilines is 3. The smallest absolute Gasteiger partial charge is 1.00 e. The predicted molar refractivity (Wildman–Crippen MR) is 368 cm³/mol. The maximum absolute atomic E-state index is 14.8. The number of fused-ring (bicyclic) bond motifs is 2. The molecule has 512 valence electrons. The Labute approximate surface area is 565 Å². The molecular weight excluding hydrogens is 1370 g/mol. The van der Waals surface area contributed by atoms with Crippen molar-refractivity contribution in [2.75, 3.05) is 43.7 Å². The van der Waals surface area contributed by atoms with Crippen molar-refractivity contribution in [3.63, 3.8) is 0 Å². The Morgan fingerprint density at radius 2 is 1.03 bits per heavy atom. The predicted octanol–water partition coefficient (Wildman–Crippen LogP) is 10.6. The van der Waals surface area contributed by atoms with Crippen LogP contribution in [-0.2, 0) is 48.9 Å². The number of nitrogens with one attached hydrogen (secondary N) is 1. The van der Waals surface area contributed by atoms with Gasteiger partial charge in [-0.3, -0.25) is 0 Å². The van der Waals surface area contributed by atoms with Gasteiger partial charge in [0.25, 0.3) is 8.53 Å². The van der Waals surface area contributed by atoms with Crippen molar-refractivity contribution in [1.29, 1.82) is 5.26 Å². The minimum atomic E-state index is -5.20. The molecule has 0 amide bonds. The molecule has 10 rings (SSSR count). The van der Waals surface area contributed by atoms with E-state index in [-0.39, 0.29) is 55.0 Å². The van der Waals surface area contributed by atoms with E-state index in [1.165, 1.54) is 0 Å². The van der Waals surface area contributed by atoms with E-state index in [2.05, 4.69) is 65.1 Å². The Morgan fingerprint density at radius 3 is 1.49 bits per heavy atom. The molecule has 23 heteroatoms. The van der Waals surface area contributed by atoms with Gasteiger partial charge in [-0.1, -0.05) is 12.1 Å². The van der Waals surface area contributed by atoms with Crippen LogP contribution in [0.25, 0.3) is 5.57 Å². The third kappa shape index (κ3) is 12.8. The van der Waals surface area contributed by atoms with Gasteiger partial charge in [-0.05, 0) is 46.6 Å². The van der Waals surface area contributed by atoms with Crippen LogP contribution in [-0.4, -0.2) is 138 Å². The zero-order valence-electron chi connectivity index (χ0n) is 58.6. The quantitative estimate of drug-likeness (QED) is 0.0472. The number of benzene rings is 4. The van der Waals surface area contributed by atoms with Crippen LogP contribution in [0.3, 0.4) is 0 Å². The fourth-order valence-electron chi connectivity index (χ4n) is 12.4. The van der Waals surface area contributed by atoms with E-state index in [4.69, 9.17) is 43.6 Å². The van der Waals surface area contributed by atoms with E-state index in [0.29, 0.717) is 42.1 Å². The molecule has 4 saturated heterocycles. The molecule has 2 atom stereocenters. The van der Waals surface area contributed by atoms with Crippen LogP contribution in [0.5, 0.6) is 5.75 Å². The summed E-state index contributed by atoms with van der Waals surface area (Å²) in [6.07, 6.45) is 7.58. The summed E-state index contributed by atoms with van der Waals surface area (Å²) in [7, 11) is -1.48. The molecule has 0 saturated carbocycles. The number of sulfonamides is 1. The first-order chi connectivity index (χ1) is 42.5. The molecule has 2 spiro atoms. The number of unbranched alkanes of at least 4 members (excludes halogenated alkanes) is 1. The van der Waals surface area contributed by atoms with Crippen LogP contribution in [0.15, 0.2) is 125 Å². The summed E-state index contributed by atoms with van der Waals surface area (Å²) in [4.78, 5) is 4.37. The van der Waals surface area contributed by atoms with Crippen LogP contribution < -0.4 is 40.4 Å². The number of ether oxygens (including phenoxy) is 1. The second-order valence-corrected chi connectivity index (χ2v) is 44.8. The maximum atomic E-state index is 14.8. The average Bonchev–Trinajstić information content (AvgIpc) is 1.51. The summed E-state index contributed by atoms with van der Waals surface area (Å²) < 4.78 is 112. The number of rotatable bonds is 21. The maximum Gasteiger partial charge on any atom is -1.00 e. The van der Waals surface area contributed by atoms with Gasteiger partial charge in [0.1, 0.15) is 0 Å². The zero-order chi connectivity index (χ0) is 67.5. The molecule has 0 radical (unpaired) electrons. The van der Waals surface area contributed by atoms with Crippen molar-refractivity contribution in [1.82, 2.24) is 9.39 Å². The summed E-state index contributed by atoms with van der Waals surface area (Å²) in [5, 5.41) is 9.19.